The van der Waals surface area contributed by atoms with E-state index in [2.05, 4.69) is 10.6 Å². The third kappa shape index (κ3) is 3.88. The number of Topliss-reactive ketones (excluding diaryl/α,β-unsaturated/α-hetero) is 1. The first-order chi connectivity index (χ1) is 11.7. The maximum Gasteiger partial charge on any atom is 0.263 e. The Labute approximate surface area is 144 Å². The molecule has 5 heteroatoms. The standard InChI is InChI=1S/C19H16N2O2S/c22-17(14-8-3-1-4-9-14)18(20-15-10-5-2-6-11-15)21-19(23)16-12-7-13-24-16/h1-13,18,20H,(H,21,23). The molecule has 0 saturated heterocycles. The molecule has 0 fully saturated rings. The quantitative estimate of drug-likeness (QED) is 0.532. The molecule has 1 aromatic heterocycles. The smallest absolute Gasteiger partial charge is 0.263 e. The fourth-order valence-corrected chi connectivity index (χ4v) is 2.87. The van der Waals surface area contributed by atoms with E-state index in [4.69, 9.17) is 0 Å². The van der Waals surface area contributed by atoms with E-state index < -0.39 is 6.17 Å². The van der Waals surface area contributed by atoms with Gasteiger partial charge in [-0.3, -0.25) is 9.59 Å². The minimum Gasteiger partial charge on any atom is -0.359 e. The van der Waals surface area contributed by atoms with Crippen molar-refractivity contribution in [2.75, 3.05) is 5.32 Å². The van der Waals surface area contributed by atoms with Gasteiger partial charge in [0.05, 0.1) is 4.88 Å². The Hall–Kier alpha value is -2.92. The van der Waals surface area contributed by atoms with Gasteiger partial charge in [0, 0.05) is 11.3 Å². The highest BCUT2D eigenvalue weighted by Crippen LogP contribution is 2.13. The third-order valence-corrected chi connectivity index (χ3v) is 4.29. The van der Waals surface area contributed by atoms with Crippen molar-refractivity contribution in [1.29, 1.82) is 0 Å². The monoisotopic (exact) mass is 336 g/mol. The van der Waals surface area contributed by atoms with Gasteiger partial charge in [-0.2, -0.15) is 0 Å². The number of anilines is 1. The highest BCUT2D eigenvalue weighted by molar-refractivity contribution is 7.12. The number of amides is 1. The lowest BCUT2D eigenvalue weighted by Gasteiger charge is -2.20. The molecule has 1 atom stereocenters. The summed E-state index contributed by atoms with van der Waals surface area (Å²) in [6, 6.07) is 21.8. The molecule has 0 saturated carbocycles. The summed E-state index contributed by atoms with van der Waals surface area (Å²) < 4.78 is 0. The van der Waals surface area contributed by atoms with Crippen LogP contribution in [0.15, 0.2) is 78.2 Å². The van der Waals surface area contributed by atoms with E-state index in [1.54, 1.807) is 36.4 Å². The molecule has 120 valence electrons. The molecule has 0 aliphatic carbocycles. The average Bonchev–Trinajstić information content (AvgIpc) is 3.17. The van der Waals surface area contributed by atoms with E-state index in [1.165, 1.54) is 11.3 Å². The average molecular weight is 336 g/mol. The summed E-state index contributed by atoms with van der Waals surface area (Å²) in [5.41, 5.74) is 1.30. The molecule has 3 rings (SSSR count). The molecule has 1 unspecified atom stereocenters. The summed E-state index contributed by atoms with van der Waals surface area (Å²) >= 11 is 1.34. The van der Waals surface area contributed by atoms with Crippen molar-refractivity contribution < 1.29 is 9.59 Å². The first-order valence-electron chi connectivity index (χ1n) is 7.49. The summed E-state index contributed by atoms with van der Waals surface area (Å²) in [5.74, 6) is -0.466. The number of hydrogen-bond acceptors (Lipinski definition) is 4. The zero-order chi connectivity index (χ0) is 16.8. The van der Waals surface area contributed by atoms with Crippen LogP contribution in [-0.4, -0.2) is 17.9 Å². The second-order valence-corrected chi connectivity index (χ2v) is 6.07. The highest BCUT2D eigenvalue weighted by atomic mass is 32.1. The van der Waals surface area contributed by atoms with Gasteiger partial charge in [-0.25, -0.2) is 0 Å². The van der Waals surface area contributed by atoms with Crippen molar-refractivity contribution in [3.63, 3.8) is 0 Å². The summed E-state index contributed by atoms with van der Waals surface area (Å²) in [5, 5.41) is 7.70. The molecule has 1 amide bonds. The Morgan fingerprint density at radius 3 is 2.12 bits per heavy atom. The Balaban J connectivity index is 1.83. The van der Waals surface area contributed by atoms with Crippen molar-refractivity contribution in [1.82, 2.24) is 5.32 Å². The van der Waals surface area contributed by atoms with Gasteiger partial charge < -0.3 is 10.6 Å². The van der Waals surface area contributed by atoms with Crippen LogP contribution in [0.3, 0.4) is 0 Å². The molecular formula is C19H16N2O2S. The van der Waals surface area contributed by atoms with Crippen LogP contribution in [0.1, 0.15) is 20.0 Å². The molecule has 0 radical (unpaired) electrons. The Kier molecular flexibility index (Phi) is 5.03. The Morgan fingerprint density at radius 2 is 1.50 bits per heavy atom. The fraction of sp³-hybridized carbons (Fsp3) is 0.0526. The largest absolute Gasteiger partial charge is 0.359 e. The number of carbonyl (C=O) groups is 2. The first-order valence-corrected chi connectivity index (χ1v) is 8.37. The molecule has 4 nitrogen and oxygen atoms in total. The van der Waals surface area contributed by atoms with E-state index in [1.807, 2.05) is 41.8 Å². The molecular weight excluding hydrogens is 320 g/mol. The van der Waals surface area contributed by atoms with Crippen molar-refractivity contribution in [2.24, 2.45) is 0 Å². The molecule has 0 aliphatic heterocycles. The van der Waals surface area contributed by atoms with Crippen LogP contribution >= 0.6 is 11.3 Å². The van der Waals surface area contributed by atoms with Gasteiger partial charge >= 0.3 is 0 Å². The summed E-state index contributed by atoms with van der Waals surface area (Å²) in [4.78, 5) is 25.7. The molecule has 2 aromatic carbocycles. The Morgan fingerprint density at radius 1 is 0.833 bits per heavy atom. The lowest BCUT2D eigenvalue weighted by Crippen LogP contribution is -2.46. The molecule has 0 spiro atoms. The lowest BCUT2D eigenvalue weighted by molar-refractivity contribution is 0.0872. The fourth-order valence-electron chi connectivity index (χ4n) is 2.25. The normalized spacial score (nSPS) is 11.5. The van der Waals surface area contributed by atoms with Crippen LogP contribution in [0.4, 0.5) is 5.69 Å². The predicted octanol–water partition coefficient (Wildman–Crippen LogP) is 3.80. The maximum absolute atomic E-state index is 12.8. The number of nitrogens with one attached hydrogen (secondary N) is 2. The summed E-state index contributed by atoms with van der Waals surface area (Å²) in [6.45, 7) is 0. The van der Waals surface area contributed by atoms with Gasteiger partial charge in [-0.1, -0.05) is 54.6 Å². The molecule has 0 bridgehead atoms. The van der Waals surface area contributed by atoms with Gasteiger partial charge in [0.25, 0.3) is 5.91 Å². The molecule has 3 aromatic rings. The molecule has 2 N–H and O–H groups in total. The van der Waals surface area contributed by atoms with Crippen molar-refractivity contribution in [2.45, 2.75) is 6.17 Å². The lowest BCUT2D eigenvalue weighted by atomic mass is 10.1. The zero-order valence-corrected chi connectivity index (χ0v) is 13.6. The van der Waals surface area contributed by atoms with Crippen molar-refractivity contribution in [3.05, 3.63) is 88.6 Å². The number of carbonyl (C=O) groups excluding carboxylic acids is 2. The van der Waals surface area contributed by atoms with Crippen LogP contribution in [0.2, 0.25) is 0 Å². The summed E-state index contributed by atoms with van der Waals surface area (Å²) in [7, 11) is 0. The molecule has 1 heterocycles. The number of benzene rings is 2. The van der Waals surface area contributed by atoms with Gasteiger partial charge in [0.15, 0.2) is 6.17 Å². The second kappa shape index (κ2) is 7.57. The van der Waals surface area contributed by atoms with Gasteiger partial charge in [0.2, 0.25) is 5.78 Å². The number of para-hydroxylation sites is 1. The summed E-state index contributed by atoms with van der Waals surface area (Å²) in [6.07, 6.45) is -0.843. The van der Waals surface area contributed by atoms with E-state index in [9.17, 15) is 9.59 Å². The number of rotatable bonds is 6. The van der Waals surface area contributed by atoms with Crippen molar-refractivity contribution in [3.8, 4) is 0 Å². The van der Waals surface area contributed by atoms with E-state index >= 15 is 0 Å². The van der Waals surface area contributed by atoms with E-state index in [0.717, 1.165) is 5.69 Å². The third-order valence-electron chi connectivity index (χ3n) is 3.43. The van der Waals surface area contributed by atoms with Gasteiger partial charge in [0.1, 0.15) is 0 Å². The van der Waals surface area contributed by atoms with Crippen LogP contribution in [0, 0.1) is 0 Å². The topological polar surface area (TPSA) is 58.2 Å². The maximum atomic E-state index is 12.8. The molecule has 24 heavy (non-hydrogen) atoms. The van der Waals surface area contributed by atoms with Crippen LogP contribution < -0.4 is 10.6 Å². The minimum atomic E-state index is -0.843. The van der Waals surface area contributed by atoms with Crippen molar-refractivity contribution >= 4 is 28.7 Å². The number of thiophene rings is 1. The van der Waals surface area contributed by atoms with Crippen LogP contribution in [0.5, 0.6) is 0 Å². The van der Waals surface area contributed by atoms with Crippen LogP contribution in [0.25, 0.3) is 0 Å². The predicted molar refractivity (Wildman–Crippen MR) is 96.4 cm³/mol. The molecule has 0 aliphatic rings. The Bertz CT molecular complexity index is 802. The van der Waals surface area contributed by atoms with Gasteiger partial charge in [-0.05, 0) is 23.6 Å². The second-order valence-electron chi connectivity index (χ2n) is 5.12. The number of ketones is 1. The van der Waals surface area contributed by atoms with E-state index in [0.29, 0.717) is 10.4 Å². The zero-order valence-electron chi connectivity index (χ0n) is 12.8. The van der Waals surface area contributed by atoms with E-state index in [-0.39, 0.29) is 11.7 Å². The van der Waals surface area contributed by atoms with Crippen LogP contribution in [-0.2, 0) is 0 Å². The highest BCUT2D eigenvalue weighted by Gasteiger charge is 2.22. The minimum absolute atomic E-state index is 0.190. The number of hydrogen-bond donors (Lipinski definition) is 2. The van der Waals surface area contributed by atoms with Gasteiger partial charge in [-0.15, -0.1) is 11.3 Å². The first kappa shape index (κ1) is 16.0. The SMILES string of the molecule is O=C(NC(Nc1ccccc1)C(=O)c1ccccc1)c1cccs1.